The Hall–Kier alpha value is -2.21. The Labute approximate surface area is 109 Å². The zero-order valence-corrected chi connectivity index (χ0v) is 10.1. The number of fused-ring (bicyclic) bond motifs is 1. The van der Waals surface area contributed by atoms with Crippen molar-refractivity contribution >= 4 is 17.7 Å². The molecule has 0 radical (unpaired) electrons. The summed E-state index contributed by atoms with van der Waals surface area (Å²) in [5.41, 5.74) is 0.674. The van der Waals surface area contributed by atoms with Crippen LogP contribution in [0.25, 0.3) is 0 Å². The van der Waals surface area contributed by atoms with Crippen molar-refractivity contribution in [3.05, 3.63) is 35.4 Å². The molecule has 6 heteroatoms. The van der Waals surface area contributed by atoms with Crippen LogP contribution in [0.5, 0.6) is 0 Å². The van der Waals surface area contributed by atoms with Crippen LogP contribution >= 0.6 is 0 Å². The van der Waals surface area contributed by atoms with Crippen LogP contribution < -0.4 is 0 Å². The third-order valence-electron chi connectivity index (χ3n) is 3.39. The molecule has 1 saturated heterocycles. The van der Waals surface area contributed by atoms with Crippen LogP contribution in [-0.4, -0.2) is 58.4 Å². The number of nitrogens with zero attached hydrogens (tertiary/aromatic N) is 2. The van der Waals surface area contributed by atoms with Crippen LogP contribution in [0.4, 0.5) is 0 Å². The van der Waals surface area contributed by atoms with E-state index in [2.05, 4.69) is 0 Å². The third-order valence-corrected chi connectivity index (χ3v) is 3.39. The summed E-state index contributed by atoms with van der Waals surface area (Å²) in [4.78, 5) is 38.3. The normalized spacial score (nSPS) is 18.6. The van der Waals surface area contributed by atoms with Gasteiger partial charge in [-0.25, -0.2) is 0 Å². The predicted molar refractivity (Wildman–Crippen MR) is 64.4 cm³/mol. The first-order valence-corrected chi connectivity index (χ1v) is 5.99. The van der Waals surface area contributed by atoms with E-state index in [4.69, 9.17) is 5.11 Å². The van der Waals surface area contributed by atoms with E-state index < -0.39 is 17.9 Å². The number of aliphatic hydroxyl groups is 1. The van der Waals surface area contributed by atoms with Gasteiger partial charge in [0.15, 0.2) is 0 Å². The van der Waals surface area contributed by atoms with Crippen molar-refractivity contribution < 1.29 is 19.5 Å². The molecule has 2 aliphatic rings. The molecule has 1 N–H and O–H groups in total. The molecule has 6 nitrogen and oxygen atoms in total. The highest BCUT2D eigenvalue weighted by Gasteiger charge is 2.38. The first-order valence-electron chi connectivity index (χ1n) is 5.99. The number of benzene rings is 1. The highest BCUT2D eigenvalue weighted by atomic mass is 16.3. The lowest BCUT2D eigenvalue weighted by Crippen LogP contribution is -2.56. The molecule has 0 unspecified atom stereocenters. The lowest BCUT2D eigenvalue weighted by molar-refractivity contribution is -0.141. The number of aliphatic hydroxyl groups excluding tert-OH is 1. The van der Waals surface area contributed by atoms with Crippen molar-refractivity contribution in [2.24, 2.45) is 0 Å². The molecule has 0 bridgehead atoms. The van der Waals surface area contributed by atoms with Gasteiger partial charge in [-0.15, -0.1) is 0 Å². The smallest absolute Gasteiger partial charge is 0.262 e. The van der Waals surface area contributed by atoms with Gasteiger partial charge < -0.3 is 10.0 Å². The second kappa shape index (κ2) is 4.17. The van der Waals surface area contributed by atoms with Crippen molar-refractivity contribution in [3.8, 4) is 0 Å². The zero-order chi connectivity index (χ0) is 13.6. The largest absolute Gasteiger partial charge is 0.389 e. The Morgan fingerprint density at radius 3 is 2.16 bits per heavy atom. The van der Waals surface area contributed by atoms with Gasteiger partial charge in [0.05, 0.1) is 17.2 Å². The molecule has 1 fully saturated rings. The average Bonchev–Trinajstić information content (AvgIpc) is 2.61. The van der Waals surface area contributed by atoms with Gasteiger partial charge in [-0.1, -0.05) is 12.1 Å². The Balaban J connectivity index is 1.75. The van der Waals surface area contributed by atoms with E-state index >= 15 is 0 Å². The van der Waals surface area contributed by atoms with Crippen LogP contribution in [0.3, 0.4) is 0 Å². The number of hydrogen-bond donors (Lipinski definition) is 1. The number of amides is 3. The van der Waals surface area contributed by atoms with Gasteiger partial charge in [0.2, 0.25) is 5.91 Å². The van der Waals surface area contributed by atoms with Gasteiger partial charge in [-0.3, -0.25) is 19.3 Å². The molecule has 98 valence electrons. The molecule has 2 aliphatic heterocycles. The number of hydrogen-bond acceptors (Lipinski definition) is 4. The van der Waals surface area contributed by atoms with Crippen LogP contribution in [0, 0.1) is 0 Å². The third kappa shape index (κ3) is 1.80. The molecule has 0 saturated carbocycles. The molecule has 0 aromatic heterocycles. The molecular formula is C13H12N2O4. The molecule has 1 aromatic carbocycles. The number of rotatable bonds is 2. The average molecular weight is 260 g/mol. The quantitative estimate of drug-likeness (QED) is 0.726. The molecule has 3 amide bonds. The molecule has 3 rings (SSSR count). The first kappa shape index (κ1) is 11.9. The fraction of sp³-hybridized carbons (Fsp3) is 0.308. The Morgan fingerprint density at radius 1 is 1.16 bits per heavy atom. The highest BCUT2D eigenvalue weighted by molar-refractivity contribution is 6.22. The summed E-state index contributed by atoms with van der Waals surface area (Å²) in [6, 6.07) is 6.52. The van der Waals surface area contributed by atoms with E-state index in [0.29, 0.717) is 11.1 Å². The van der Waals surface area contributed by atoms with Gasteiger partial charge >= 0.3 is 0 Å². The van der Waals surface area contributed by atoms with Crippen molar-refractivity contribution in [2.45, 2.75) is 6.10 Å². The van der Waals surface area contributed by atoms with Gasteiger partial charge in [0.1, 0.15) is 6.54 Å². The summed E-state index contributed by atoms with van der Waals surface area (Å²) in [5, 5.41) is 9.13. The summed E-state index contributed by atoms with van der Waals surface area (Å²) < 4.78 is 0. The number of likely N-dealkylation sites (tertiary alicyclic amines) is 1. The molecular weight excluding hydrogens is 248 g/mol. The molecule has 0 aliphatic carbocycles. The number of imide groups is 1. The van der Waals surface area contributed by atoms with E-state index in [1.54, 1.807) is 24.3 Å². The zero-order valence-electron chi connectivity index (χ0n) is 10.1. The highest BCUT2D eigenvalue weighted by Crippen LogP contribution is 2.22. The minimum Gasteiger partial charge on any atom is -0.389 e. The Morgan fingerprint density at radius 2 is 1.68 bits per heavy atom. The van der Waals surface area contributed by atoms with Gasteiger partial charge in [0, 0.05) is 13.1 Å². The topological polar surface area (TPSA) is 77.9 Å². The molecule has 0 atom stereocenters. The molecule has 19 heavy (non-hydrogen) atoms. The fourth-order valence-electron chi connectivity index (χ4n) is 2.28. The summed E-state index contributed by atoms with van der Waals surface area (Å²) in [5.74, 6) is -1.19. The second-order valence-electron chi connectivity index (χ2n) is 4.69. The monoisotopic (exact) mass is 260 g/mol. The lowest BCUT2D eigenvalue weighted by Gasteiger charge is -2.36. The standard InChI is InChI=1S/C13H12N2O4/c16-8-5-14(6-8)11(17)7-15-12(18)9-3-1-2-4-10(9)13(15)19/h1-4,8,16H,5-7H2. The maximum absolute atomic E-state index is 12.0. The van der Waals surface area contributed by atoms with E-state index in [9.17, 15) is 14.4 Å². The van der Waals surface area contributed by atoms with Crippen LogP contribution in [0.1, 0.15) is 20.7 Å². The maximum atomic E-state index is 12.0. The molecule has 1 aromatic rings. The van der Waals surface area contributed by atoms with Crippen LogP contribution in [-0.2, 0) is 4.79 Å². The van der Waals surface area contributed by atoms with E-state index in [-0.39, 0.29) is 25.5 Å². The summed E-state index contributed by atoms with van der Waals surface area (Å²) in [7, 11) is 0. The fourth-order valence-corrected chi connectivity index (χ4v) is 2.28. The SMILES string of the molecule is O=C(CN1C(=O)c2ccccc2C1=O)N1CC(O)C1. The predicted octanol–water partition coefficient (Wildman–Crippen LogP) is -0.514. The van der Waals surface area contributed by atoms with Gasteiger partial charge in [0.25, 0.3) is 11.8 Å². The van der Waals surface area contributed by atoms with E-state index in [1.165, 1.54) is 4.90 Å². The van der Waals surface area contributed by atoms with Crippen molar-refractivity contribution in [2.75, 3.05) is 19.6 Å². The van der Waals surface area contributed by atoms with Gasteiger partial charge in [-0.2, -0.15) is 0 Å². The molecule has 0 spiro atoms. The van der Waals surface area contributed by atoms with Crippen molar-refractivity contribution in [3.63, 3.8) is 0 Å². The van der Waals surface area contributed by atoms with E-state index in [1.807, 2.05) is 0 Å². The Bertz CT molecular complexity index is 543. The van der Waals surface area contributed by atoms with Crippen LogP contribution in [0.15, 0.2) is 24.3 Å². The molecule has 2 heterocycles. The minimum atomic E-state index is -0.494. The Kier molecular flexibility index (Phi) is 2.60. The van der Waals surface area contributed by atoms with Crippen molar-refractivity contribution in [1.82, 2.24) is 9.80 Å². The number of carbonyl (C=O) groups excluding carboxylic acids is 3. The van der Waals surface area contributed by atoms with E-state index in [0.717, 1.165) is 4.90 Å². The summed E-state index contributed by atoms with van der Waals surface area (Å²) in [6.07, 6.45) is -0.494. The number of β-amino-alcohol motifs (C(OH)–C–C–N with tert-alkyl or cyclic N) is 1. The summed E-state index contributed by atoms with van der Waals surface area (Å²) >= 11 is 0. The maximum Gasteiger partial charge on any atom is 0.262 e. The lowest BCUT2D eigenvalue weighted by atomic mass is 10.1. The van der Waals surface area contributed by atoms with Crippen LogP contribution in [0.2, 0.25) is 0 Å². The van der Waals surface area contributed by atoms with Crippen molar-refractivity contribution in [1.29, 1.82) is 0 Å². The minimum absolute atomic E-state index is 0.265. The second-order valence-corrected chi connectivity index (χ2v) is 4.69. The van der Waals surface area contributed by atoms with Gasteiger partial charge in [-0.05, 0) is 12.1 Å². The first-order chi connectivity index (χ1) is 9.08. The number of carbonyl (C=O) groups is 3. The summed E-state index contributed by atoms with van der Waals surface area (Å²) in [6.45, 7) is 0.267.